The van der Waals surface area contributed by atoms with Crippen molar-refractivity contribution in [2.45, 2.75) is 56.8 Å². The molecular formula is C40H36F9N5O4. The molecule has 1 fully saturated rings. The van der Waals surface area contributed by atoms with E-state index in [0.717, 1.165) is 28.6 Å². The van der Waals surface area contributed by atoms with Crippen molar-refractivity contribution in [1.82, 2.24) is 25.6 Å². The summed E-state index contributed by atoms with van der Waals surface area (Å²) in [5.41, 5.74) is 2.89. The van der Waals surface area contributed by atoms with Gasteiger partial charge in [-0.15, -0.1) is 0 Å². The molecule has 5 aromatic rings. The van der Waals surface area contributed by atoms with Crippen LogP contribution in [0.3, 0.4) is 0 Å². The summed E-state index contributed by atoms with van der Waals surface area (Å²) in [6.45, 7) is 0.605. The summed E-state index contributed by atoms with van der Waals surface area (Å²) in [5, 5.41) is 6.56. The van der Waals surface area contributed by atoms with E-state index in [1.54, 1.807) is 19.9 Å². The van der Waals surface area contributed by atoms with Gasteiger partial charge < -0.3 is 25.1 Å². The van der Waals surface area contributed by atoms with Crippen molar-refractivity contribution in [2.75, 3.05) is 13.2 Å². The van der Waals surface area contributed by atoms with Gasteiger partial charge in [0.2, 0.25) is 17.7 Å². The van der Waals surface area contributed by atoms with Crippen molar-refractivity contribution < 1.29 is 58.6 Å². The zero-order valence-electron chi connectivity index (χ0n) is 30.7. The van der Waals surface area contributed by atoms with Crippen LogP contribution < -0.4 is 20.1 Å². The number of benzene rings is 2. The number of para-hydroxylation sites is 1. The Kier molecular flexibility index (Phi) is 13.4. The van der Waals surface area contributed by atoms with Crippen LogP contribution in [0.25, 0.3) is 17.0 Å². The number of nitrogens with one attached hydrogen (secondary N) is 3. The highest BCUT2D eigenvalue weighted by Gasteiger charge is 2.44. The van der Waals surface area contributed by atoms with Gasteiger partial charge in [0.05, 0.1) is 29.5 Å². The Morgan fingerprint density at radius 1 is 0.810 bits per heavy atom. The minimum Gasteiger partial charge on any atom is -0.483 e. The number of fused-ring (bicyclic) bond motifs is 1. The van der Waals surface area contributed by atoms with Gasteiger partial charge in [-0.3, -0.25) is 14.6 Å². The highest BCUT2D eigenvalue weighted by atomic mass is 19.4. The van der Waals surface area contributed by atoms with E-state index in [2.05, 4.69) is 35.1 Å². The molecule has 0 radical (unpaired) electrons. The molecule has 1 unspecified atom stereocenters. The molecule has 0 saturated heterocycles. The minimum absolute atomic E-state index is 0.0128. The molecule has 6 rings (SSSR count). The van der Waals surface area contributed by atoms with Crippen LogP contribution in [-0.2, 0) is 15.8 Å². The SMILES string of the molecule is C[C@@H](NC(=O)/C=C/c1c[nH]c2ccccc12)c1ccc(OCC(F)(F)F)cn1.C[C@@H](NC(=O)C1C[C@H]1c1ccc(C(F)(F)F)cc1)c1ccc(OCC(F)(F)F)nc1. The lowest BCUT2D eigenvalue weighted by atomic mass is 10.1. The fourth-order valence-electron chi connectivity index (χ4n) is 5.70. The van der Waals surface area contributed by atoms with Gasteiger partial charge >= 0.3 is 18.5 Å². The van der Waals surface area contributed by atoms with E-state index in [-0.39, 0.29) is 35.3 Å². The summed E-state index contributed by atoms with van der Waals surface area (Å²) in [5.74, 6) is -1.21. The van der Waals surface area contributed by atoms with Crippen molar-refractivity contribution in [3.63, 3.8) is 0 Å². The molecule has 4 atom stereocenters. The lowest BCUT2D eigenvalue weighted by Crippen LogP contribution is -2.28. The summed E-state index contributed by atoms with van der Waals surface area (Å²) < 4.78 is 120. The second kappa shape index (κ2) is 18.0. The van der Waals surface area contributed by atoms with Gasteiger partial charge in [0.25, 0.3) is 0 Å². The third kappa shape index (κ3) is 12.7. The topological polar surface area (TPSA) is 118 Å². The van der Waals surface area contributed by atoms with Crippen LogP contribution in [0, 0.1) is 5.92 Å². The van der Waals surface area contributed by atoms with Crippen molar-refractivity contribution in [3.8, 4) is 11.6 Å². The molecule has 3 N–H and O–H groups in total. The Balaban J connectivity index is 0.000000221. The smallest absolute Gasteiger partial charge is 0.422 e. The minimum atomic E-state index is -4.46. The Labute approximate surface area is 325 Å². The van der Waals surface area contributed by atoms with E-state index >= 15 is 0 Å². The first-order chi connectivity index (χ1) is 27.3. The van der Waals surface area contributed by atoms with Gasteiger partial charge in [0.1, 0.15) is 5.75 Å². The van der Waals surface area contributed by atoms with Crippen LogP contribution in [0.4, 0.5) is 39.5 Å². The van der Waals surface area contributed by atoms with Gasteiger partial charge in [-0.25, -0.2) is 4.98 Å². The molecule has 1 aliphatic carbocycles. The Hall–Kier alpha value is -6.07. The van der Waals surface area contributed by atoms with Crippen LogP contribution in [0.5, 0.6) is 11.6 Å². The number of H-pyrrole nitrogens is 1. The number of alkyl halides is 9. The first kappa shape index (κ1) is 43.1. The van der Waals surface area contributed by atoms with Crippen molar-refractivity contribution in [3.05, 3.63) is 125 Å². The summed E-state index contributed by atoms with van der Waals surface area (Å²) in [6, 6.07) is 17.3. The van der Waals surface area contributed by atoms with Crippen LogP contribution in [0.2, 0.25) is 0 Å². The van der Waals surface area contributed by atoms with E-state index in [1.807, 2.05) is 30.5 Å². The summed E-state index contributed by atoms with van der Waals surface area (Å²) in [7, 11) is 0. The molecule has 2 amide bonds. The van der Waals surface area contributed by atoms with E-state index in [0.29, 0.717) is 23.2 Å². The van der Waals surface area contributed by atoms with Gasteiger partial charge in [0.15, 0.2) is 13.2 Å². The number of carbonyl (C=O) groups is 2. The largest absolute Gasteiger partial charge is 0.483 e. The second-order valence-electron chi connectivity index (χ2n) is 13.3. The van der Waals surface area contributed by atoms with Crippen LogP contribution in [0.1, 0.15) is 66.2 Å². The lowest BCUT2D eigenvalue weighted by Gasteiger charge is -2.15. The molecule has 0 spiro atoms. The molecule has 0 bridgehead atoms. The normalized spacial score (nSPS) is 16.5. The monoisotopic (exact) mass is 821 g/mol. The second-order valence-corrected chi connectivity index (χ2v) is 13.3. The number of rotatable bonds is 12. The number of hydrogen-bond acceptors (Lipinski definition) is 6. The molecular weight excluding hydrogens is 785 g/mol. The average Bonchev–Trinajstić information content (AvgIpc) is 3.88. The summed E-state index contributed by atoms with van der Waals surface area (Å²) in [6.07, 6.45) is -5.27. The molecule has 3 heterocycles. The quantitative estimate of drug-likeness (QED) is 0.0853. The van der Waals surface area contributed by atoms with Crippen molar-refractivity contribution in [2.24, 2.45) is 5.92 Å². The number of halogens is 9. The average molecular weight is 822 g/mol. The molecule has 308 valence electrons. The number of aromatic amines is 1. The van der Waals surface area contributed by atoms with Crippen molar-refractivity contribution in [1.29, 1.82) is 0 Å². The highest BCUT2D eigenvalue weighted by Crippen LogP contribution is 2.48. The Bertz CT molecular complexity index is 2170. The predicted molar refractivity (Wildman–Crippen MR) is 194 cm³/mol. The third-order valence-electron chi connectivity index (χ3n) is 8.79. The molecule has 0 aliphatic heterocycles. The molecule has 9 nitrogen and oxygen atoms in total. The number of hydrogen-bond donors (Lipinski definition) is 3. The molecule has 1 saturated carbocycles. The van der Waals surface area contributed by atoms with Crippen molar-refractivity contribution >= 4 is 28.8 Å². The first-order valence-corrected chi connectivity index (χ1v) is 17.6. The molecule has 1 aliphatic rings. The maximum Gasteiger partial charge on any atom is 0.422 e. The van der Waals surface area contributed by atoms with Gasteiger partial charge in [0, 0.05) is 41.4 Å². The number of carbonyl (C=O) groups excluding carboxylic acids is 2. The zero-order chi connectivity index (χ0) is 42.3. The summed E-state index contributed by atoms with van der Waals surface area (Å²) in [4.78, 5) is 35.5. The number of aromatic nitrogens is 3. The maximum absolute atomic E-state index is 12.6. The van der Waals surface area contributed by atoms with Crippen LogP contribution in [-0.4, -0.2) is 52.3 Å². The standard InChI is InChI=1S/C20H18F6N2O2.C20H18F3N3O2/c1-11(13-4-7-17(27-9-13)30-10-19(21,22)23)28-18(29)16-8-15(16)12-2-5-14(6-3-12)20(24,25)26;1-13(17-8-7-15(11-25-17)28-12-20(21,22)23)26-19(27)9-6-14-10-24-18-5-3-2-4-16(14)18/h2-7,9,11,15-16H,8,10H2,1H3,(H,28,29);2-11,13,24H,12H2,1H3,(H,26,27)/b;9-6+/t11-,15+,16?;13-/m11/s1. The van der Waals surface area contributed by atoms with Gasteiger partial charge in [-0.1, -0.05) is 36.4 Å². The van der Waals surface area contributed by atoms with Crippen LogP contribution in [0.15, 0.2) is 97.5 Å². The third-order valence-corrected chi connectivity index (χ3v) is 8.79. The molecule has 2 aromatic carbocycles. The number of ether oxygens (including phenoxy) is 2. The van der Waals surface area contributed by atoms with Gasteiger partial charge in [-0.05, 0) is 79.3 Å². The molecule has 18 heteroatoms. The number of pyridine rings is 2. The van der Waals surface area contributed by atoms with E-state index in [1.165, 1.54) is 54.9 Å². The Morgan fingerprint density at radius 2 is 1.50 bits per heavy atom. The van der Waals surface area contributed by atoms with Gasteiger partial charge in [-0.2, -0.15) is 39.5 Å². The molecule has 58 heavy (non-hydrogen) atoms. The highest BCUT2D eigenvalue weighted by molar-refractivity contribution is 5.96. The van der Waals surface area contributed by atoms with Crippen LogP contribution >= 0.6 is 0 Å². The number of amides is 2. The Morgan fingerprint density at radius 3 is 2.12 bits per heavy atom. The first-order valence-electron chi connectivity index (χ1n) is 17.6. The number of nitrogens with zero attached hydrogens (tertiary/aromatic N) is 2. The lowest BCUT2D eigenvalue weighted by molar-refractivity contribution is -0.154. The van der Waals surface area contributed by atoms with E-state index < -0.39 is 49.4 Å². The van der Waals surface area contributed by atoms with E-state index in [4.69, 9.17) is 0 Å². The van der Waals surface area contributed by atoms with E-state index in [9.17, 15) is 49.1 Å². The fourth-order valence-corrected chi connectivity index (χ4v) is 5.70. The summed E-state index contributed by atoms with van der Waals surface area (Å²) >= 11 is 0. The molecule has 3 aromatic heterocycles. The maximum atomic E-state index is 12.6. The predicted octanol–water partition coefficient (Wildman–Crippen LogP) is 9.42. The zero-order valence-corrected chi connectivity index (χ0v) is 30.7. The fraction of sp³-hybridized carbons (Fsp3) is 0.300.